The first-order valence-corrected chi connectivity index (χ1v) is 28.6. The van der Waals surface area contributed by atoms with Gasteiger partial charge < -0.3 is 39.9 Å². The summed E-state index contributed by atoms with van der Waals surface area (Å²) in [4.78, 5) is 61.9. The quantitative estimate of drug-likeness (QED) is 0.0177. The van der Waals surface area contributed by atoms with Gasteiger partial charge in [0.05, 0.1) is 13.2 Å². The van der Waals surface area contributed by atoms with Gasteiger partial charge in [0, 0.05) is 19.0 Å². The number of carbonyl (C=O) groups is 2. The first-order valence-electron chi connectivity index (χ1n) is 25.6. The molecule has 6 N–H and O–H groups in total. The topological polar surface area (TPSA) is 265 Å². The number of hydrogen-bond donors (Lipinski definition) is 5. The molecule has 0 bridgehead atoms. The summed E-state index contributed by atoms with van der Waals surface area (Å²) in [7, 11) is -10.9. The molecule has 3 unspecified atom stereocenters. The zero-order valence-electron chi connectivity index (χ0n) is 42.4. The number of carbonyl (C=O) groups excluding carboxylic acids is 2. The van der Waals surface area contributed by atoms with Gasteiger partial charge in [-0.15, -0.1) is 0 Å². The zero-order valence-corrected chi connectivity index (χ0v) is 44.2. The summed E-state index contributed by atoms with van der Waals surface area (Å²) >= 11 is 0. The molecule has 2 rings (SSSR count). The molecule has 1 saturated heterocycles. The van der Waals surface area contributed by atoms with Crippen molar-refractivity contribution in [1.29, 1.82) is 0 Å². The molecule has 0 saturated carbocycles. The molecular formula is C52H83N3O15P2. The number of phosphoric ester groups is 2. The summed E-state index contributed by atoms with van der Waals surface area (Å²) in [5.74, 6) is -1.40. The van der Waals surface area contributed by atoms with E-state index in [-0.39, 0.29) is 18.7 Å². The minimum atomic E-state index is -5.44. The van der Waals surface area contributed by atoms with Crippen LogP contribution in [0.5, 0.6) is 0 Å². The highest BCUT2D eigenvalue weighted by Crippen LogP contribution is 2.60. The van der Waals surface area contributed by atoms with Crippen LogP contribution < -0.4 is 11.4 Å². The number of unbranched alkanes of at least 4 members (excludes halogenated alkanes) is 11. The molecule has 406 valence electrons. The Bertz CT molecular complexity index is 2040. The van der Waals surface area contributed by atoms with E-state index in [1.807, 2.05) is 12.2 Å². The van der Waals surface area contributed by atoms with E-state index in [2.05, 4.69) is 96.1 Å². The summed E-state index contributed by atoms with van der Waals surface area (Å²) in [6.45, 7) is 2.02. The van der Waals surface area contributed by atoms with Crippen molar-refractivity contribution >= 4 is 33.4 Å². The van der Waals surface area contributed by atoms with Crippen LogP contribution in [0.15, 0.2) is 102 Å². The van der Waals surface area contributed by atoms with Crippen LogP contribution in [0, 0.1) is 0 Å². The number of rotatable bonds is 41. The molecule has 0 aliphatic carbocycles. The molecule has 1 aromatic rings. The summed E-state index contributed by atoms with van der Waals surface area (Å²) in [5.41, 5.74) is 4.58. The third kappa shape index (κ3) is 31.5. The standard InChI is InChI=1S/C52H83N3O15P2/c1-3-5-7-9-11-13-15-17-19-21-23-25-27-29-31-33-35-37-47(56)65-41-44(68-48(57)38-36-34-32-30-28-26-24-22-20-18-16-14-12-10-8-6-4-2)42-66-71(61,62)70-72(63,64)67-43-45-49(58)50(59)51(69-45)55-40-39-46(53)54-52(55)60/h11-14,17-20,23-26,29,31,39-40,44-45,49-51,58-59H,3-10,15-16,21-22,27-28,30,32-38,41-43H2,1-2H3,(H,61,62)(H,63,64)(H2,53,54,60)/b13-11-,14-12-,19-17-,20-18-,25-23-,26-24-,31-29-/t44-,45-,49+,50?,51-/m1/s1. The number of allylic oxidation sites excluding steroid dienone is 14. The van der Waals surface area contributed by atoms with Gasteiger partial charge in [0.1, 0.15) is 30.7 Å². The van der Waals surface area contributed by atoms with Crippen LogP contribution in [0.4, 0.5) is 5.82 Å². The van der Waals surface area contributed by atoms with Gasteiger partial charge in [-0.3, -0.25) is 23.2 Å². The second-order valence-corrected chi connectivity index (χ2v) is 20.4. The number of nitrogen functional groups attached to an aromatic ring is 1. The van der Waals surface area contributed by atoms with Crippen molar-refractivity contribution in [2.24, 2.45) is 0 Å². The molecule has 0 spiro atoms. The lowest BCUT2D eigenvalue weighted by atomic mass is 10.1. The average molecular weight is 1050 g/mol. The fraction of sp³-hybridized carbons (Fsp3) is 0.615. The fourth-order valence-corrected chi connectivity index (χ4v) is 9.07. The largest absolute Gasteiger partial charge is 0.481 e. The van der Waals surface area contributed by atoms with Gasteiger partial charge in [-0.2, -0.15) is 9.29 Å². The van der Waals surface area contributed by atoms with Gasteiger partial charge >= 0.3 is 33.3 Å². The Kier molecular flexibility index (Phi) is 35.1. The van der Waals surface area contributed by atoms with E-state index in [9.17, 15) is 43.5 Å². The maximum Gasteiger partial charge on any atom is 0.481 e. The van der Waals surface area contributed by atoms with E-state index in [1.165, 1.54) is 44.6 Å². The fourth-order valence-electron chi connectivity index (χ4n) is 6.96. The molecule has 0 aromatic carbocycles. The van der Waals surface area contributed by atoms with Crippen LogP contribution in [-0.2, 0) is 46.3 Å². The number of aliphatic hydroxyl groups excluding tert-OH is 2. The van der Waals surface area contributed by atoms with Crippen molar-refractivity contribution in [2.75, 3.05) is 25.6 Å². The number of nitrogens with two attached hydrogens (primary N) is 1. The van der Waals surface area contributed by atoms with E-state index in [0.29, 0.717) is 19.3 Å². The number of hydrogen-bond acceptors (Lipinski definition) is 15. The molecular weight excluding hydrogens is 969 g/mol. The Morgan fingerprint density at radius 1 is 0.667 bits per heavy atom. The van der Waals surface area contributed by atoms with Gasteiger partial charge in [0.15, 0.2) is 12.3 Å². The summed E-state index contributed by atoms with van der Waals surface area (Å²) in [6.07, 6.45) is 42.4. The first kappa shape index (κ1) is 64.1. The van der Waals surface area contributed by atoms with Crippen molar-refractivity contribution in [1.82, 2.24) is 9.55 Å². The van der Waals surface area contributed by atoms with Crippen LogP contribution in [0.3, 0.4) is 0 Å². The summed E-state index contributed by atoms with van der Waals surface area (Å²) in [6, 6.07) is 1.24. The van der Waals surface area contributed by atoms with Gasteiger partial charge in [0.25, 0.3) is 0 Å². The third-order valence-corrected chi connectivity index (χ3v) is 13.6. The Balaban J connectivity index is 1.84. The number of ether oxygens (including phenoxy) is 3. The summed E-state index contributed by atoms with van der Waals surface area (Å²) < 4.78 is 56.7. The van der Waals surface area contributed by atoms with Crippen molar-refractivity contribution in [2.45, 2.75) is 186 Å². The minimum absolute atomic E-state index is 0.00823. The van der Waals surface area contributed by atoms with Gasteiger partial charge in [0.2, 0.25) is 0 Å². The Labute approximate surface area is 427 Å². The van der Waals surface area contributed by atoms with Gasteiger partial charge in [-0.05, 0) is 96.0 Å². The Morgan fingerprint density at radius 3 is 1.67 bits per heavy atom. The molecule has 0 amide bonds. The van der Waals surface area contributed by atoms with Crippen LogP contribution >= 0.6 is 15.6 Å². The SMILES string of the molecule is CCCCC/C=C\C/C=C\C/C=C\C/C=C\CCCC(=O)OC[C@H](COP(=O)(O)OP(=O)(O)OC[C@H]1O[C@@H](n2ccc(N)nc2=O)C(O)[C@H]1O)OC(=O)CCCCCC/C=C\C/C=C\C/C=C\CCCCC. The van der Waals surface area contributed by atoms with E-state index in [4.69, 9.17) is 29.0 Å². The second-order valence-electron chi connectivity index (χ2n) is 17.3. The van der Waals surface area contributed by atoms with Crippen molar-refractivity contribution < 1.29 is 66.3 Å². The predicted octanol–water partition coefficient (Wildman–Crippen LogP) is 10.7. The molecule has 1 aliphatic heterocycles. The first-order chi connectivity index (χ1) is 34.7. The van der Waals surface area contributed by atoms with E-state index in [0.717, 1.165) is 81.4 Å². The number of aromatic nitrogens is 2. The maximum absolute atomic E-state index is 12.9. The number of esters is 2. The molecule has 1 fully saturated rings. The molecule has 0 radical (unpaired) electrons. The predicted molar refractivity (Wildman–Crippen MR) is 279 cm³/mol. The van der Waals surface area contributed by atoms with Crippen molar-refractivity contribution in [3.05, 3.63) is 108 Å². The average Bonchev–Trinajstić information content (AvgIpc) is 3.62. The van der Waals surface area contributed by atoms with Crippen LogP contribution in [-0.4, -0.2) is 85.7 Å². The van der Waals surface area contributed by atoms with Crippen LogP contribution in [0.25, 0.3) is 0 Å². The normalized spacial score (nSPS) is 19.8. The molecule has 20 heteroatoms. The van der Waals surface area contributed by atoms with E-state index >= 15 is 0 Å². The lowest BCUT2D eigenvalue weighted by molar-refractivity contribution is -0.161. The summed E-state index contributed by atoms with van der Waals surface area (Å²) in [5, 5.41) is 20.9. The van der Waals surface area contributed by atoms with E-state index < -0.39 is 83.7 Å². The highest BCUT2D eigenvalue weighted by atomic mass is 31.3. The highest BCUT2D eigenvalue weighted by molar-refractivity contribution is 7.61. The van der Waals surface area contributed by atoms with Crippen LogP contribution in [0.1, 0.15) is 161 Å². The van der Waals surface area contributed by atoms with Crippen LogP contribution in [0.2, 0.25) is 0 Å². The molecule has 1 aromatic heterocycles. The highest BCUT2D eigenvalue weighted by Gasteiger charge is 2.46. The van der Waals surface area contributed by atoms with E-state index in [1.54, 1.807) is 0 Å². The molecule has 7 atom stereocenters. The lowest BCUT2D eigenvalue weighted by Gasteiger charge is -2.21. The number of aliphatic hydroxyl groups is 2. The Morgan fingerprint density at radius 2 is 1.14 bits per heavy atom. The monoisotopic (exact) mass is 1050 g/mol. The van der Waals surface area contributed by atoms with Crippen molar-refractivity contribution in [3.63, 3.8) is 0 Å². The minimum Gasteiger partial charge on any atom is -0.462 e. The number of phosphoric acid groups is 2. The van der Waals surface area contributed by atoms with Gasteiger partial charge in [-0.1, -0.05) is 137 Å². The zero-order chi connectivity index (χ0) is 52.7. The smallest absolute Gasteiger partial charge is 0.462 e. The Hall–Kier alpha value is -4.06. The lowest BCUT2D eigenvalue weighted by Crippen LogP contribution is -2.36. The second kappa shape index (κ2) is 39.4. The van der Waals surface area contributed by atoms with Gasteiger partial charge in [-0.25, -0.2) is 13.9 Å². The molecule has 1 aliphatic rings. The number of nitrogens with zero attached hydrogens (tertiary/aromatic N) is 2. The van der Waals surface area contributed by atoms with Crippen molar-refractivity contribution in [3.8, 4) is 0 Å². The third-order valence-electron chi connectivity index (χ3n) is 11.0. The molecule has 18 nitrogen and oxygen atoms in total. The molecule has 72 heavy (non-hydrogen) atoms. The number of anilines is 1. The maximum atomic E-state index is 12.9. The molecule has 2 heterocycles.